The van der Waals surface area contributed by atoms with Crippen LogP contribution >= 0.6 is 0 Å². The molecule has 0 aliphatic carbocycles. The Morgan fingerprint density at radius 1 is 1.50 bits per heavy atom. The summed E-state index contributed by atoms with van der Waals surface area (Å²) in [5.74, 6) is 0.876. The van der Waals surface area contributed by atoms with E-state index in [1.807, 2.05) is 37.4 Å². The third-order valence-corrected chi connectivity index (χ3v) is 1.06. The predicted molar refractivity (Wildman–Crippen MR) is 42.7 cm³/mol. The minimum atomic E-state index is 0.876. The number of pyridine rings is 1. The maximum absolute atomic E-state index is 4.05. The largest absolute Gasteiger partial charge is 0.347 e. The van der Waals surface area contributed by atoms with Gasteiger partial charge >= 0.3 is 0 Å². The van der Waals surface area contributed by atoms with Gasteiger partial charge in [-0.3, -0.25) is 0 Å². The Labute approximate surface area is 60.6 Å². The van der Waals surface area contributed by atoms with Crippen LogP contribution in [0.2, 0.25) is 0 Å². The highest BCUT2D eigenvalue weighted by Crippen LogP contribution is 1.98. The summed E-state index contributed by atoms with van der Waals surface area (Å²) in [4.78, 5) is 4.05. The van der Waals surface area contributed by atoms with Crippen molar-refractivity contribution < 1.29 is 0 Å². The number of nitrogens with one attached hydrogen (secondary N) is 1. The SMILES string of the molecule is CC=CNc1ccccn1. The van der Waals surface area contributed by atoms with E-state index in [0.717, 1.165) is 5.82 Å². The molecule has 10 heavy (non-hydrogen) atoms. The average molecular weight is 134 g/mol. The molecule has 0 fully saturated rings. The summed E-state index contributed by atoms with van der Waals surface area (Å²) in [6, 6.07) is 5.75. The van der Waals surface area contributed by atoms with Gasteiger partial charge in [-0.2, -0.15) is 0 Å². The number of hydrogen-bond donors (Lipinski definition) is 1. The van der Waals surface area contributed by atoms with Crippen LogP contribution in [0.1, 0.15) is 6.92 Å². The fourth-order valence-electron chi connectivity index (χ4n) is 0.617. The second-order valence-corrected chi connectivity index (χ2v) is 1.86. The van der Waals surface area contributed by atoms with Crippen LogP contribution in [-0.4, -0.2) is 4.98 Å². The molecule has 0 saturated carbocycles. The molecule has 1 rings (SSSR count). The number of allylic oxidation sites excluding steroid dienone is 1. The van der Waals surface area contributed by atoms with Gasteiger partial charge in [-0.15, -0.1) is 0 Å². The van der Waals surface area contributed by atoms with E-state index in [-0.39, 0.29) is 0 Å². The zero-order chi connectivity index (χ0) is 7.23. The van der Waals surface area contributed by atoms with Gasteiger partial charge in [0.05, 0.1) is 0 Å². The molecule has 0 radical (unpaired) electrons. The van der Waals surface area contributed by atoms with Gasteiger partial charge in [0, 0.05) is 6.20 Å². The van der Waals surface area contributed by atoms with Crippen molar-refractivity contribution in [3.8, 4) is 0 Å². The van der Waals surface area contributed by atoms with Crippen LogP contribution in [0.25, 0.3) is 0 Å². The van der Waals surface area contributed by atoms with Crippen molar-refractivity contribution in [2.45, 2.75) is 6.92 Å². The molecule has 2 nitrogen and oxygen atoms in total. The Kier molecular flexibility index (Phi) is 2.49. The van der Waals surface area contributed by atoms with Gasteiger partial charge in [-0.25, -0.2) is 4.98 Å². The van der Waals surface area contributed by atoms with Crippen LogP contribution in [-0.2, 0) is 0 Å². The summed E-state index contributed by atoms with van der Waals surface area (Å²) in [5, 5.41) is 3.00. The topological polar surface area (TPSA) is 24.9 Å². The third-order valence-electron chi connectivity index (χ3n) is 1.06. The van der Waals surface area contributed by atoms with Crippen LogP contribution in [0.5, 0.6) is 0 Å². The van der Waals surface area contributed by atoms with E-state index in [9.17, 15) is 0 Å². The first kappa shape index (κ1) is 6.81. The molecule has 1 heterocycles. The number of nitrogens with zero attached hydrogens (tertiary/aromatic N) is 1. The lowest BCUT2D eigenvalue weighted by molar-refractivity contribution is 1.31. The highest BCUT2D eigenvalue weighted by Gasteiger charge is 1.82. The highest BCUT2D eigenvalue weighted by molar-refractivity contribution is 5.36. The van der Waals surface area contributed by atoms with E-state index < -0.39 is 0 Å². The summed E-state index contributed by atoms with van der Waals surface area (Å²) in [5.41, 5.74) is 0. The fraction of sp³-hybridized carbons (Fsp3) is 0.125. The van der Waals surface area contributed by atoms with Gasteiger partial charge < -0.3 is 5.32 Å². The Morgan fingerprint density at radius 2 is 2.40 bits per heavy atom. The minimum Gasteiger partial charge on any atom is -0.347 e. The van der Waals surface area contributed by atoms with E-state index in [1.165, 1.54) is 0 Å². The summed E-state index contributed by atoms with van der Waals surface area (Å²) in [6.07, 6.45) is 5.53. The van der Waals surface area contributed by atoms with Crippen molar-refractivity contribution in [1.29, 1.82) is 0 Å². The molecule has 0 spiro atoms. The van der Waals surface area contributed by atoms with Gasteiger partial charge in [0.2, 0.25) is 0 Å². The normalized spacial score (nSPS) is 10.1. The second-order valence-electron chi connectivity index (χ2n) is 1.86. The van der Waals surface area contributed by atoms with Crippen molar-refractivity contribution in [2.75, 3.05) is 5.32 Å². The zero-order valence-electron chi connectivity index (χ0n) is 5.91. The van der Waals surface area contributed by atoms with Gasteiger partial charge in [-0.05, 0) is 25.3 Å². The van der Waals surface area contributed by atoms with Crippen LogP contribution in [0.3, 0.4) is 0 Å². The molecule has 1 aromatic heterocycles. The summed E-state index contributed by atoms with van der Waals surface area (Å²) >= 11 is 0. The molecule has 0 aromatic carbocycles. The van der Waals surface area contributed by atoms with Crippen LogP contribution in [0, 0.1) is 0 Å². The van der Waals surface area contributed by atoms with Crippen LogP contribution in [0.4, 0.5) is 5.82 Å². The van der Waals surface area contributed by atoms with Gasteiger partial charge in [0.15, 0.2) is 0 Å². The van der Waals surface area contributed by atoms with Crippen molar-refractivity contribution >= 4 is 5.82 Å². The number of hydrogen-bond acceptors (Lipinski definition) is 2. The first-order valence-corrected chi connectivity index (χ1v) is 3.22. The Hall–Kier alpha value is -1.31. The van der Waals surface area contributed by atoms with Gasteiger partial charge in [-0.1, -0.05) is 12.1 Å². The maximum atomic E-state index is 4.05. The monoisotopic (exact) mass is 134 g/mol. The molecule has 2 heteroatoms. The zero-order valence-corrected chi connectivity index (χ0v) is 5.91. The number of anilines is 1. The second kappa shape index (κ2) is 3.67. The Bertz CT molecular complexity index is 204. The highest BCUT2D eigenvalue weighted by atomic mass is 15.0. The Morgan fingerprint density at radius 3 is 3.00 bits per heavy atom. The summed E-state index contributed by atoms with van der Waals surface area (Å²) in [6.45, 7) is 1.95. The molecular weight excluding hydrogens is 124 g/mol. The average Bonchev–Trinajstić information content (AvgIpc) is 2.03. The molecule has 0 aliphatic heterocycles. The lowest BCUT2D eigenvalue weighted by atomic mass is 10.5. The quantitative estimate of drug-likeness (QED) is 0.669. The van der Waals surface area contributed by atoms with E-state index in [4.69, 9.17) is 0 Å². The molecule has 0 unspecified atom stereocenters. The maximum Gasteiger partial charge on any atom is 0.129 e. The lowest BCUT2D eigenvalue weighted by Gasteiger charge is -1.95. The van der Waals surface area contributed by atoms with Gasteiger partial charge in [0.25, 0.3) is 0 Å². The number of rotatable bonds is 2. The smallest absolute Gasteiger partial charge is 0.129 e. The van der Waals surface area contributed by atoms with Gasteiger partial charge in [0.1, 0.15) is 5.82 Å². The molecule has 1 N–H and O–H groups in total. The minimum absolute atomic E-state index is 0.876. The van der Waals surface area contributed by atoms with Crippen molar-refractivity contribution in [3.05, 3.63) is 36.7 Å². The van der Waals surface area contributed by atoms with Crippen LogP contribution in [0.15, 0.2) is 36.7 Å². The Balaban J connectivity index is 2.59. The standard InChI is InChI=1S/C8H10N2/c1-2-6-9-8-5-3-4-7-10-8/h2-7H,1H3,(H,9,10). The number of aromatic nitrogens is 1. The van der Waals surface area contributed by atoms with E-state index >= 15 is 0 Å². The first-order valence-electron chi connectivity index (χ1n) is 3.22. The van der Waals surface area contributed by atoms with Crippen molar-refractivity contribution in [1.82, 2.24) is 4.98 Å². The molecule has 1 aromatic rings. The van der Waals surface area contributed by atoms with Crippen molar-refractivity contribution in [2.24, 2.45) is 0 Å². The molecule has 0 atom stereocenters. The summed E-state index contributed by atoms with van der Waals surface area (Å²) in [7, 11) is 0. The molecular formula is C8H10N2. The third kappa shape index (κ3) is 1.90. The first-order chi connectivity index (χ1) is 4.93. The molecule has 0 bridgehead atoms. The molecule has 52 valence electrons. The van der Waals surface area contributed by atoms with E-state index in [1.54, 1.807) is 6.20 Å². The van der Waals surface area contributed by atoms with Crippen LogP contribution < -0.4 is 5.32 Å². The van der Waals surface area contributed by atoms with E-state index in [2.05, 4.69) is 10.3 Å². The molecule has 0 aliphatic rings. The summed E-state index contributed by atoms with van der Waals surface area (Å²) < 4.78 is 0. The molecule has 0 saturated heterocycles. The predicted octanol–water partition coefficient (Wildman–Crippen LogP) is 2.03. The fourth-order valence-corrected chi connectivity index (χ4v) is 0.617. The van der Waals surface area contributed by atoms with Crippen molar-refractivity contribution in [3.63, 3.8) is 0 Å². The van der Waals surface area contributed by atoms with E-state index in [0.29, 0.717) is 0 Å². The molecule has 0 amide bonds. The lowest BCUT2D eigenvalue weighted by Crippen LogP contribution is -1.88.